The minimum atomic E-state index is -4.80. The summed E-state index contributed by atoms with van der Waals surface area (Å²) in [6, 6.07) is 8.64. The smallest absolute Gasteiger partial charge is 0.480 e. The van der Waals surface area contributed by atoms with E-state index < -0.39 is 12.3 Å². The highest BCUT2D eigenvalue weighted by Gasteiger charge is 2.31. The van der Waals surface area contributed by atoms with Gasteiger partial charge in [-0.05, 0) is 43.3 Å². The van der Waals surface area contributed by atoms with Crippen LogP contribution in [0.4, 0.5) is 13.2 Å². The van der Waals surface area contributed by atoms with Crippen LogP contribution in [-0.4, -0.2) is 45.3 Å². The highest BCUT2D eigenvalue weighted by Crippen LogP contribution is 2.23. The van der Waals surface area contributed by atoms with E-state index in [1.807, 2.05) is 0 Å². The Hall–Kier alpha value is -3.22. The maximum atomic E-state index is 12.4. The van der Waals surface area contributed by atoms with Crippen LogP contribution in [0.3, 0.4) is 0 Å². The summed E-state index contributed by atoms with van der Waals surface area (Å²) in [5.74, 6) is 4.35. The number of pyridine rings is 1. The number of alkyl halides is 3. The average molecular weight is 438 g/mol. The Kier molecular flexibility index (Phi) is 6.20. The molecule has 3 aromatic rings. The largest absolute Gasteiger partial charge is 0.573 e. The summed E-state index contributed by atoms with van der Waals surface area (Å²) in [4.78, 5) is 17.0. The number of halogens is 4. The maximum Gasteiger partial charge on any atom is 0.573 e. The summed E-state index contributed by atoms with van der Waals surface area (Å²) in [6.07, 6.45) is -3.19. The van der Waals surface area contributed by atoms with Gasteiger partial charge in [0, 0.05) is 18.3 Å². The number of fused-ring (bicyclic) bond motifs is 1. The van der Waals surface area contributed by atoms with Crippen molar-refractivity contribution in [3.05, 3.63) is 64.6 Å². The van der Waals surface area contributed by atoms with Crippen molar-refractivity contribution in [1.29, 1.82) is 0 Å². The molecule has 0 bridgehead atoms. The van der Waals surface area contributed by atoms with Crippen LogP contribution in [0.25, 0.3) is 5.65 Å². The van der Waals surface area contributed by atoms with Crippen LogP contribution >= 0.6 is 11.6 Å². The Labute approximate surface area is 174 Å². The molecule has 2 heterocycles. The van der Waals surface area contributed by atoms with Gasteiger partial charge in [0.2, 0.25) is 0 Å². The number of carboxylic acids is 1. The van der Waals surface area contributed by atoms with Crippen LogP contribution in [0.15, 0.2) is 42.6 Å². The summed E-state index contributed by atoms with van der Waals surface area (Å²) in [5, 5.41) is 9.40. The molecule has 0 saturated carbocycles. The number of hydrogen-bond donors (Lipinski definition) is 1. The molecule has 0 unspecified atom stereocenters. The van der Waals surface area contributed by atoms with Crippen LogP contribution in [0, 0.1) is 11.8 Å². The first kappa shape index (κ1) is 21.5. The van der Waals surface area contributed by atoms with E-state index in [-0.39, 0.29) is 18.8 Å². The van der Waals surface area contributed by atoms with Crippen LogP contribution in [-0.2, 0) is 11.3 Å². The predicted octanol–water partition coefficient (Wildman–Crippen LogP) is 3.80. The van der Waals surface area contributed by atoms with Crippen LogP contribution in [0.2, 0.25) is 5.02 Å². The fourth-order valence-corrected chi connectivity index (χ4v) is 2.92. The van der Waals surface area contributed by atoms with Crippen LogP contribution < -0.4 is 4.74 Å². The van der Waals surface area contributed by atoms with E-state index in [1.165, 1.54) is 18.2 Å². The molecule has 0 amide bonds. The van der Waals surface area contributed by atoms with Crippen molar-refractivity contribution in [2.75, 3.05) is 13.6 Å². The normalized spacial score (nSPS) is 11.4. The Bertz CT molecular complexity index is 1150. The number of benzene rings is 1. The first-order valence-corrected chi connectivity index (χ1v) is 8.93. The summed E-state index contributed by atoms with van der Waals surface area (Å²) in [5.41, 5.74) is 1.82. The fourth-order valence-electron chi connectivity index (χ4n) is 2.75. The third-order valence-electron chi connectivity index (χ3n) is 3.87. The first-order chi connectivity index (χ1) is 14.1. The molecule has 2 aromatic heterocycles. The lowest BCUT2D eigenvalue weighted by atomic mass is 10.2. The molecule has 3 rings (SSSR count). The van der Waals surface area contributed by atoms with Crippen molar-refractivity contribution in [1.82, 2.24) is 14.3 Å². The molecule has 1 N–H and O–H groups in total. The maximum absolute atomic E-state index is 12.4. The fraction of sp³-hybridized carbons (Fsp3) is 0.200. The minimum Gasteiger partial charge on any atom is -0.480 e. The number of carbonyl (C=O) groups is 1. The molecule has 0 aliphatic carbocycles. The Morgan fingerprint density at radius 1 is 1.30 bits per heavy atom. The molecule has 0 radical (unpaired) electrons. The van der Waals surface area contributed by atoms with E-state index in [2.05, 4.69) is 21.6 Å². The van der Waals surface area contributed by atoms with Crippen molar-refractivity contribution < 1.29 is 27.8 Å². The molecule has 30 heavy (non-hydrogen) atoms. The van der Waals surface area contributed by atoms with Crippen LogP contribution in [0.1, 0.15) is 17.0 Å². The Morgan fingerprint density at radius 2 is 2.07 bits per heavy atom. The van der Waals surface area contributed by atoms with Gasteiger partial charge >= 0.3 is 12.3 Å². The molecule has 0 aliphatic heterocycles. The van der Waals surface area contributed by atoms with E-state index in [9.17, 15) is 18.0 Å². The number of aliphatic carboxylic acids is 1. The van der Waals surface area contributed by atoms with E-state index in [0.29, 0.717) is 27.6 Å². The lowest BCUT2D eigenvalue weighted by molar-refractivity contribution is -0.274. The zero-order valence-corrected chi connectivity index (χ0v) is 16.3. The van der Waals surface area contributed by atoms with E-state index in [0.717, 1.165) is 0 Å². The lowest BCUT2D eigenvalue weighted by Gasteiger charge is -2.12. The second kappa shape index (κ2) is 8.65. The third kappa shape index (κ3) is 5.65. The molecule has 156 valence electrons. The number of carboxylic acid groups (broad SMARTS) is 1. The molecule has 0 atom stereocenters. The van der Waals surface area contributed by atoms with Crippen molar-refractivity contribution >= 4 is 23.2 Å². The number of ether oxygens (including phenoxy) is 1. The molecular weight excluding hydrogens is 423 g/mol. The lowest BCUT2D eigenvalue weighted by Crippen LogP contribution is -2.25. The predicted molar refractivity (Wildman–Crippen MR) is 103 cm³/mol. The number of nitrogens with zero attached hydrogens (tertiary/aromatic N) is 3. The highest BCUT2D eigenvalue weighted by atomic mass is 35.5. The van der Waals surface area contributed by atoms with Gasteiger partial charge in [0.25, 0.3) is 0 Å². The number of aromatic nitrogens is 2. The Balaban J connectivity index is 1.99. The molecule has 0 saturated heterocycles. The highest BCUT2D eigenvalue weighted by molar-refractivity contribution is 6.30. The topological polar surface area (TPSA) is 67.1 Å². The third-order valence-corrected chi connectivity index (χ3v) is 4.10. The van der Waals surface area contributed by atoms with Crippen molar-refractivity contribution in [2.45, 2.75) is 12.9 Å². The van der Waals surface area contributed by atoms with Gasteiger partial charge in [-0.15, -0.1) is 13.2 Å². The van der Waals surface area contributed by atoms with Gasteiger partial charge in [0.1, 0.15) is 17.1 Å². The van der Waals surface area contributed by atoms with E-state index >= 15 is 0 Å². The van der Waals surface area contributed by atoms with Gasteiger partial charge in [-0.1, -0.05) is 23.6 Å². The zero-order valence-electron chi connectivity index (χ0n) is 15.6. The summed E-state index contributed by atoms with van der Waals surface area (Å²) in [6.45, 7) is 0.00512. The van der Waals surface area contributed by atoms with Gasteiger partial charge in [-0.3, -0.25) is 14.1 Å². The molecule has 1 aromatic carbocycles. The molecule has 6 nitrogen and oxygen atoms in total. The molecule has 0 spiro atoms. The Morgan fingerprint density at radius 3 is 2.77 bits per heavy atom. The average Bonchev–Trinajstić information content (AvgIpc) is 2.94. The van der Waals surface area contributed by atoms with Crippen molar-refractivity contribution in [2.24, 2.45) is 0 Å². The standard InChI is InChI=1S/C20H15ClF3N3O3/c1-26(12-19(28)29)11-16-17(27-10-14(21)6-8-18(27)25-16)7-5-13-3-2-4-15(9-13)30-20(22,23)24/h2-4,6,8-10H,11-12H2,1H3,(H,28,29). The minimum absolute atomic E-state index is 0.196. The summed E-state index contributed by atoms with van der Waals surface area (Å²) < 4.78 is 42.9. The number of hydrogen-bond acceptors (Lipinski definition) is 4. The first-order valence-electron chi connectivity index (χ1n) is 8.55. The van der Waals surface area contributed by atoms with E-state index in [4.69, 9.17) is 16.7 Å². The molecule has 0 aliphatic rings. The monoisotopic (exact) mass is 437 g/mol. The van der Waals surface area contributed by atoms with Crippen LogP contribution in [0.5, 0.6) is 5.75 Å². The second-order valence-electron chi connectivity index (χ2n) is 6.37. The molecular formula is C20H15ClF3N3O3. The van der Waals surface area contributed by atoms with Gasteiger partial charge in [-0.25, -0.2) is 4.98 Å². The van der Waals surface area contributed by atoms with Gasteiger partial charge in [-0.2, -0.15) is 0 Å². The summed E-state index contributed by atoms with van der Waals surface area (Å²) >= 11 is 6.07. The second-order valence-corrected chi connectivity index (χ2v) is 6.81. The SMILES string of the molecule is CN(CC(=O)O)Cc1nc2ccc(Cl)cn2c1C#Cc1cccc(OC(F)(F)F)c1. The molecule has 0 fully saturated rings. The van der Waals surface area contributed by atoms with Gasteiger partial charge in [0.05, 0.1) is 17.3 Å². The van der Waals surface area contributed by atoms with E-state index in [1.54, 1.807) is 40.7 Å². The molecule has 10 heteroatoms. The quantitative estimate of drug-likeness (QED) is 0.615. The zero-order chi connectivity index (χ0) is 21.9. The van der Waals surface area contributed by atoms with Gasteiger partial charge in [0.15, 0.2) is 0 Å². The number of rotatable bonds is 5. The van der Waals surface area contributed by atoms with Gasteiger partial charge < -0.3 is 9.84 Å². The summed E-state index contributed by atoms with van der Waals surface area (Å²) in [7, 11) is 1.63. The van der Waals surface area contributed by atoms with Crippen molar-refractivity contribution in [3.63, 3.8) is 0 Å². The number of likely N-dealkylation sites (N-methyl/N-ethyl adjacent to an activating group) is 1. The van der Waals surface area contributed by atoms with Crippen molar-refractivity contribution in [3.8, 4) is 17.6 Å². The number of imidazole rings is 1.